The summed E-state index contributed by atoms with van der Waals surface area (Å²) in [5.74, 6) is 0.200. The van der Waals surface area contributed by atoms with E-state index in [1.807, 2.05) is 0 Å². The number of hydrogen-bond donors (Lipinski definition) is 4. The highest BCUT2D eigenvalue weighted by Crippen LogP contribution is 2.33. The van der Waals surface area contributed by atoms with Crippen LogP contribution in [0.15, 0.2) is 24.0 Å². The van der Waals surface area contributed by atoms with Gasteiger partial charge in [0, 0.05) is 6.07 Å². The van der Waals surface area contributed by atoms with Gasteiger partial charge in [-0.3, -0.25) is 0 Å². The van der Waals surface area contributed by atoms with Gasteiger partial charge in [0.1, 0.15) is 22.9 Å². The van der Waals surface area contributed by atoms with Gasteiger partial charge in [0.15, 0.2) is 5.82 Å². The molecule has 0 spiro atoms. The van der Waals surface area contributed by atoms with Crippen molar-refractivity contribution in [2.45, 2.75) is 18.2 Å². The molecule has 3 atom stereocenters. The van der Waals surface area contributed by atoms with E-state index < -0.39 is 18.2 Å². The summed E-state index contributed by atoms with van der Waals surface area (Å²) < 4.78 is 1.65. The lowest BCUT2D eigenvalue weighted by molar-refractivity contribution is 0.0288. The maximum atomic E-state index is 10.1. The zero-order valence-corrected chi connectivity index (χ0v) is 12.3. The summed E-state index contributed by atoms with van der Waals surface area (Å²) >= 11 is 5.88. The molecular weight excluding hydrogens is 319 g/mol. The van der Waals surface area contributed by atoms with Crippen LogP contribution in [0.2, 0.25) is 5.15 Å². The van der Waals surface area contributed by atoms with Gasteiger partial charge in [-0.1, -0.05) is 17.7 Å². The summed E-state index contributed by atoms with van der Waals surface area (Å²) in [5.41, 5.74) is 7.20. The Hall–Kier alpha value is -1.38. The van der Waals surface area contributed by atoms with Crippen molar-refractivity contribution in [3.63, 3.8) is 0 Å². The molecule has 0 bridgehead atoms. The van der Waals surface area contributed by atoms with E-state index in [-0.39, 0.29) is 30.0 Å². The predicted octanol–water partition coefficient (Wildman–Crippen LogP) is 0.284. The molecule has 1 aliphatic rings. The summed E-state index contributed by atoms with van der Waals surface area (Å²) in [4.78, 5) is 8.05. The molecule has 9 heteroatoms. The molecule has 3 unspecified atom stereocenters. The maximum absolute atomic E-state index is 10.1. The number of aliphatic hydroxyl groups excluding tert-OH is 3. The van der Waals surface area contributed by atoms with E-state index in [0.29, 0.717) is 16.6 Å². The van der Waals surface area contributed by atoms with Crippen molar-refractivity contribution in [2.75, 3.05) is 12.3 Å². The second-order valence-electron chi connectivity index (χ2n) is 4.68. The quantitative estimate of drug-likeness (QED) is 0.463. The van der Waals surface area contributed by atoms with Gasteiger partial charge < -0.3 is 25.6 Å². The second-order valence-corrected chi connectivity index (χ2v) is 5.06. The molecule has 0 radical (unpaired) electrons. The van der Waals surface area contributed by atoms with E-state index in [1.54, 1.807) is 16.7 Å². The van der Waals surface area contributed by atoms with Crippen LogP contribution in [-0.4, -0.2) is 48.7 Å². The van der Waals surface area contributed by atoms with Crippen molar-refractivity contribution in [3.05, 3.63) is 29.2 Å². The van der Waals surface area contributed by atoms with Crippen molar-refractivity contribution in [1.82, 2.24) is 14.5 Å². The lowest BCUT2D eigenvalue weighted by Crippen LogP contribution is -2.29. The van der Waals surface area contributed by atoms with Crippen LogP contribution in [-0.2, 0) is 0 Å². The number of rotatable bonds is 2. The molecule has 0 aromatic carbocycles. The number of nitrogens with zero attached hydrogens (tertiary/aromatic N) is 3. The average Bonchev–Trinajstić information content (AvgIpc) is 2.93. The van der Waals surface area contributed by atoms with Gasteiger partial charge in [-0.05, 0) is 5.57 Å². The van der Waals surface area contributed by atoms with Gasteiger partial charge in [-0.15, -0.1) is 12.4 Å². The molecule has 2 aromatic rings. The van der Waals surface area contributed by atoms with E-state index in [9.17, 15) is 10.2 Å². The van der Waals surface area contributed by atoms with Crippen molar-refractivity contribution in [2.24, 2.45) is 0 Å². The molecule has 21 heavy (non-hydrogen) atoms. The zero-order valence-electron chi connectivity index (χ0n) is 10.7. The Morgan fingerprint density at radius 1 is 1.38 bits per heavy atom. The van der Waals surface area contributed by atoms with Crippen LogP contribution in [0.1, 0.15) is 6.04 Å². The molecule has 2 aromatic heterocycles. The summed E-state index contributed by atoms with van der Waals surface area (Å²) in [6.07, 6.45) is 0.942. The SMILES string of the molecule is Cl.Nc1nc(Cl)cc2c1ncn2C1C=C(CO)C(O)C1O. The first-order valence-corrected chi connectivity index (χ1v) is 6.37. The van der Waals surface area contributed by atoms with Crippen LogP contribution < -0.4 is 5.73 Å². The first kappa shape index (κ1) is 16.0. The highest BCUT2D eigenvalue weighted by molar-refractivity contribution is 6.30. The number of fused-ring (bicyclic) bond motifs is 1. The normalized spacial score (nSPS) is 25.0. The van der Waals surface area contributed by atoms with Crippen molar-refractivity contribution < 1.29 is 15.3 Å². The third-order valence-electron chi connectivity index (χ3n) is 3.50. The number of aromatic nitrogens is 3. The molecule has 2 heterocycles. The highest BCUT2D eigenvalue weighted by Gasteiger charge is 2.36. The third kappa shape index (κ3) is 2.47. The fourth-order valence-electron chi connectivity index (χ4n) is 2.48. The fourth-order valence-corrected chi connectivity index (χ4v) is 2.67. The Labute approximate surface area is 131 Å². The number of aliphatic hydroxyl groups is 3. The van der Waals surface area contributed by atoms with Gasteiger partial charge in [-0.2, -0.15) is 0 Å². The van der Waals surface area contributed by atoms with E-state index in [0.717, 1.165) is 0 Å². The number of imidazole rings is 1. The molecule has 1 aliphatic carbocycles. The van der Waals surface area contributed by atoms with Crippen LogP contribution in [0, 0.1) is 0 Å². The minimum absolute atomic E-state index is 0. The largest absolute Gasteiger partial charge is 0.392 e. The van der Waals surface area contributed by atoms with Gasteiger partial charge in [-0.25, -0.2) is 9.97 Å². The van der Waals surface area contributed by atoms with E-state index in [4.69, 9.17) is 22.4 Å². The Kier molecular flexibility index (Phi) is 4.40. The molecule has 5 N–H and O–H groups in total. The van der Waals surface area contributed by atoms with Gasteiger partial charge in [0.25, 0.3) is 0 Å². The van der Waals surface area contributed by atoms with Crippen molar-refractivity contribution in [3.8, 4) is 0 Å². The lowest BCUT2D eigenvalue weighted by Gasteiger charge is -2.19. The first-order valence-electron chi connectivity index (χ1n) is 5.99. The monoisotopic (exact) mass is 332 g/mol. The minimum atomic E-state index is -1.10. The Morgan fingerprint density at radius 2 is 2.10 bits per heavy atom. The molecule has 7 nitrogen and oxygen atoms in total. The van der Waals surface area contributed by atoms with Crippen LogP contribution in [0.3, 0.4) is 0 Å². The van der Waals surface area contributed by atoms with E-state index in [1.165, 1.54) is 6.33 Å². The van der Waals surface area contributed by atoms with Crippen LogP contribution >= 0.6 is 24.0 Å². The summed E-state index contributed by atoms with van der Waals surface area (Å²) in [6.45, 7) is -0.314. The average molecular weight is 333 g/mol. The second kappa shape index (κ2) is 5.78. The van der Waals surface area contributed by atoms with Crippen molar-refractivity contribution in [1.29, 1.82) is 0 Å². The number of pyridine rings is 1. The molecular formula is C12H14Cl2N4O3. The Bertz CT molecular complexity index is 703. The molecule has 114 valence electrons. The summed E-state index contributed by atoms with van der Waals surface area (Å²) in [7, 11) is 0. The van der Waals surface area contributed by atoms with E-state index >= 15 is 0 Å². The fraction of sp³-hybridized carbons (Fsp3) is 0.333. The Balaban J connectivity index is 0.00000161. The molecule has 3 rings (SSSR count). The summed E-state index contributed by atoms with van der Waals surface area (Å²) in [6, 6.07) is 1.04. The summed E-state index contributed by atoms with van der Waals surface area (Å²) in [5, 5.41) is 29.3. The van der Waals surface area contributed by atoms with Crippen LogP contribution in [0.5, 0.6) is 0 Å². The number of nitrogen functional groups attached to an aromatic ring is 1. The topological polar surface area (TPSA) is 117 Å². The van der Waals surface area contributed by atoms with Crippen LogP contribution in [0.25, 0.3) is 11.0 Å². The van der Waals surface area contributed by atoms with Crippen LogP contribution in [0.4, 0.5) is 5.82 Å². The Morgan fingerprint density at radius 3 is 2.71 bits per heavy atom. The van der Waals surface area contributed by atoms with Crippen molar-refractivity contribution >= 4 is 40.9 Å². The highest BCUT2D eigenvalue weighted by atomic mass is 35.5. The standard InChI is InChI=1S/C12H13ClN4O3.ClH/c13-8-2-6-9(12(14)16-8)15-4-17(6)7-1-5(3-18)10(19)11(7)20;/h1-2,4,7,10-11,18-20H,3H2,(H2,14,16);1H. The zero-order chi connectivity index (χ0) is 14.4. The number of nitrogens with two attached hydrogens (primary N) is 1. The first-order chi connectivity index (χ1) is 9.52. The molecule has 0 fully saturated rings. The molecule has 0 saturated heterocycles. The van der Waals surface area contributed by atoms with Gasteiger partial charge >= 0.3 is 0 Å². The number of anilines is 1. The molecule has 0 saturated carbocycles. The van der Waals surface area contributed by atoms with E-state index in [2.05, 4.69) is 9.97 Å². The smallest absolute Gasteiger partial charge is 0.153 e. The lowest BCUT2D eigenvalue weighted by atomic mass is 10.1. The molecule has 0 aliphatic heterocycles. The number of halogens is 2. The maximum Gasteiger partial charge on any atom is 0.153 e. The van der Waals surface area contributed by atoms with Gasteiger partial charge in [0.2, 0.25) is 0 Å². The molecule has 0 amide bonds. The van der Waals surface area contributed by atoms with Gasteiger partial charge in [0.05, 0.1) is 24.5 Å². The predicted molar refractivity (Wildman–Crippen MR) is 80.4 cm³/mol. The third-order valence-corrected chi connectivity index (χ3v) is 3.69. The minimum Gasteiger partial charge on any atom is -0.392 e. The number of hydrogen-bond acceptors (Lipinski definition) is 6.